The van der Waals surface area contributed by atoms with Crippen LogP contribution in [0.5, 0.6) is 0 Å². The van der Waals surface area contributed by atoms with E-state index in [1.807, 2.05) is 30.3 Å². The highest BCUT2D eigenvalue weighted by atomic mass is 16.6. The average molecular weight is 373 g/mol. The van der Waals surface area contributed by atoms with Gasteiger partial charge in [-0.2, -0.15) is 4.98 Å². The SMILES string of the molecule is O=[N+]([O-])c1cc(-c2noc(-c3cccnc3)n2)ccc1NCc1ccccc1. The van der Waals surface area contributed by atoms with Crippen LogP contribution in [0.4, 0.5) is 11.4 Å². The van der Waals surface area contributed by atoms with Gasteiger partial charge in [-0.05, 0) is 29.8 Å². The third kappa shape index (κ3) is 3.70. The summed E-state index contributed by atoms with van der Waals surface area (Å²) in [6.45, 7) is 0.481. The Kier molecular flexibility index (Phi) is 4.75. The first-order chi connectivity index (χ1) is 13.7. The van der Waals surface area contributed by atoms with Gasteiger partial charge in [0.05, 0.1) is 10.5 Å². The summed E-state index contributed by atoms with van der Waals surface area (Å²) < 4.78 is 5.25. The quantitative estimate of drug-likeness (QED) is 0.396. The van der Waals surface area contributed by atoms with Gasteiger partial charge in [-0.25, -0.2) is 0 Å². The van der Waals surface area contributed by atoms with Crippen molar-refractivity contribution in [3.8, 4) is 22.8 Å². The van der Waals surface area contributed by atoms with Crippen LogP contribution in [0.1, 0.15) is 5.56 Å². The molecule has 0 unspecified atom stereocenters. The van der Waals surface area contributed by atoms with Crippen LogP contribution in [0, 0.1) is 10.1 Å². The normalized spacial score (nSPS) is 10.6. The molecule has 0 saturated heterocycles. The van der Waals surface area contributed by atoms with Crippen LogP contribution in [-0.4, -0.2) is 20.0 Å². The maximum Gasteiger partial charge on any atom is 0.293 e. The van der Waals surface area contributed by atoms with Gasteiger partial charge in [0.25, 0.3) is 11.6 Å². The van der Waals surface area contributed by atoms with Gasteiger partial charge in [-0.3, -0.25) is 15.1 Å². The number of nitrogens with zero attached hydrogens (tertiary/aromatic N) is 4. The summed E-state index contributed by atoms with van der Waals surface area (Å²) in [5, 5.41) is 18.6. The summed E-state index contributed by atoms with van der Waals surface area (Å²) in [4.78, 5) is 19.4. The third-order valence-corrected chi connectivity index (χ3v) is 4.11. The fourth-order valence-corrected chi connectivity index (χ4v) is 2.71. The van der Waals surface area contributed by atoms with Crippen LogP contribution in [0.25, 0.3) is 22.8 Å². The maximum absolute atomic E-state index is 11.5. The van der Waals surface area contributed by atoms with Crippen LogP contribution in [0.15, 0.2) is 77.6 Å². The molecule has 4 aromatic rings. The van der Waals surface area contributed by atoms with Crippen LogP contribution in [0.2, 0.25) is 0 Å². The lowest BCUT2D eigenvalue weighted by Crippen LogP contribution is -2.02. The van der Waals surface area contributed by atoms with Gasteiger partial charge in [0.15, 0.2) is 0 Å². The standard InChI is InChI=1S/C20H15N5O3/c26-25(27)18-11-15(8-9-17(18)22-12-14-5-2-1-3-6-14)19-23-20(28-24-19)16-7-4-10-21-13-16/h1-11,13,22H,12H2. The molecule has 138 valence electrons. The fraction of sp³-hybridized carbons (Fsp3) is 0.0500. The molecule has 0 saturated carbocycles. The Morgan fingerprint density at radius 1 is 1.04 bits per heavy atom. The molecule has 0 aliphatic heterocycles. The molecule has 4 rings (SSSR count). The van der Waals surface area contributed by atoms with Crippen molar-refractivity contribution < 1.29 is 9.45 Å². The highest BCUT2D eigenvalue weighted by molar-refractivity contribution is 5.71. The molecule has 0 radical (unpaired) electrons. The predicted molar refractivity (Wildman–Crippen MR) is 103 cm³/mol. The zero-order valence-electron chi connectivity index (χ0n) is 14.6. The number of pyridine rings is 1. The number of hydrogen-bond donors (Lipinski definition) is 1. The summed E-state index contributed by atoms with van der Waals surface area (Å²) in [5.41, 5.74) is 2.57. The Bertz CT molecular complexity index is 1100. The van der Waals surface area contributed by atoms with Crippen molar-refractivity contribution >= 4 is 11.4 Å². The number of nitrogens with one attached hydrogen (secondary N) is 1. The van der Waals surface area contributed by atoms with Gasteiger partial charge in [-0.1, -0.05) is 35.5 Å². The number of anilines is 1. The summed E-state index contributed by atoms with van der Waals surface area (Å²) >= 11 is 0. The number of nitro benzene ring substituents is 1. The molecule has 0 amide bonds. The summed E-state index contributed by atoms with van der Waals surface area (Å²) in [6, 6.07) is 18.0. The lowest BCUT2D eigenvalue weighted by atomic mass is 10.1. The number of nitro groups is 1. The number of hydrogen-bond acceptors (Lipinski definition) is 7. The van der Waals surface area contributed by atoms with Crippen molar-refractivity contribution in [1.82, 2.24) is 15.1 Å². The van der Waals surface area contributed by atoms with Gasteiger partial charge in [0.2, 0.25) is 5.82 Å². The molecule has 2 aromatic heterocycles. The topological polar surface area (TPSA) is 107 Å². The first-order valence-electron chi connectivity index (χ1n) is 8.51. The highest BCUT2D eigenvalue weighted by Crippen LogP contribution is 2.30. The van der Waals surface area contributed by atoms with E-state index in [0.29, 0.717) is 29.2 Å². The zero-order chi connectivity index (χ0) is 19.3. The summed E-state index contributed by atoms with van der Waals surface area (Å²) in [7, 11) is 0. The minimum Gasteiger partial charge on any atom is -0.375 e. The van der Waals surface area contributed by atoms with Crippen molar-refractivity contribution in [2.45, 2.75) is 6.54 Å². The van der Waals surface area contributed by atoms with Crippen molar-refractivity contribution in [3.63, 3.8) is 0 Å². The van der Waals surface area contributed by atoms with Crippen LogP contribution in [0.3, 0.4) is 0 Å². The van der Waals surface area contributed by atoms with Crippen molar-refractivity contribution in [2.75, 3.05) is 5.32 Å². The molecule has 0 fully saturated rings. The Morgan fingerprint density at radius 3 is 2.64 bits per heavy atom. The van der Waals surface area contributed by atoms with E-state index in [9.17, 15) is 10.1 Å². The van der Waals surface area contributed by atoms with E-state index in [1.165, 1.54) is 6.07 Å². The van der Waals surface area contributed by atoms with Crippen molar-refractivity contribution in [1.29, 1.82) is 0 Å². The maximum atomic E-state index is 11.5. The van der Waals surface area contributed by atoms with Crippen LogP contribution < -0.4 is 5.32 Å². The smallest absolute Gasteiger partial charge is 0.293 e. The Balaban J connectivity index is 1.60. The highest BCUT2D eigenvalue weighted by Gasteiger charge is 2.18. The molecule has 8 heteroatoms. The Hall–Kier alpha value is -4.07. The molecular weight excluding hydrogens is 358 g/mol. The van der Waals surface area contributed by atoms with Crippen molar-refractivity contribution in [3.05, 3.63) is 88.7 Å². The van der Waals surface area contributed by atoms with Gasteiger partial charge < -0.3 is 9.84 Å². The van der Waals surface area contributed by atoms with E-state index in [2.05, 4.69) is 20.4 Å². The van der Waals surface area contributed by atoms with Crippen LogP contribution in [-0.2, 0) is 6.54 Å². The average Bonchev–Trinajstić information content (AvgIpc) is 3.24. The lowest BCUT2D eigenvalue weighted by Gasteiger charge is -2.08. The Labute approximate surface area is 160 Å². The molecule has 0 aliphatic rings. The van der Waals surface area contributed by atoms with E-state index in [-0.39, 0.29) is 11.5 Å². The first-order valence-corrected chi connectivity index (χ1v) is 8.51. The molecule has 0 spiro atoms. The van der Waals surface area contributed by atoms with Gasteiger partial charge >= 0.3 is 0 Å². The second-order valence-electron chi connectivity index (χ2n) is 5.99. The number of aromatic nitrogens is 3. The number of benzene rings is 2. The molecule has 0 bridgehead atoms. The molecule has 1 N–H and O–H groups in total. The Morgan fingerprint density at radius 2 is 1.89 bits per heavy atom. The molecule has 2 heterocycles. The van der Waals surface area contributed by atoms with E-state index in [4.69, 9.17) is 4.52 Å². The second kappa shape index (κ2) is 7.67. The molecule has 2 aromatic carbocycles. The van der Waals surface area contributed by atoms with E-state index in [1.54, 1.807) is 36.7 Å². The van der Waals surface area contributed by atoms with Gasteiger partial charge in [0.1, 0.15) is 5.69 Å². The largest absolute Gasteiger partial charge is 0.375 e. The van der Waals surface area contributed by atoms with E-state index < -0.39 is 4.92 Å². The first kappa shape index (κ1) is 17.3. The zero-order valence-corrected chi connectivity index (χ0v) is 14.6. The third-order valence-electron chi connectivity index (χ3n) is 4.11. The van der Waals surface area contributed by atoms with E-state index >= 15 is 0 Å². The van der Waals surface area contributed by atoms with Gasteiger partial charge in [0, 0.05) is 30.6 Å². The van der Waals surface area contributed by atoms with Gasteiger partial charge in [-0.15, -0.1) is 0 Å². The monoisotopic (exact) mass is 373 g/mol. The number of rotatable bonds is 6. The molecule has 0 atom stereocenters. The molecule has 8 nitrogen and oxygen atoms in total. The molecule has 0 aliphatic carbocycles. The fourth-order valence-electron chi connectivity index (χ4n) is 2.71. The summed E-state index contributed by atoms with van der Waals surface area (Å²) in [6.07, 6.45) is 3.25. The molecular formula is C20H15N5O3. The minimum atomic E-state index is -0.432. The molecule has 28 heavy (non-hydrogen) atoms. The van der Waals surface area contributed by atoms with Crippen LogP contribution >= 0.6 is 0 Å². The summed E-state index contributed by atoms with van der Waals surface area (Å²) in [5.74, 6) is 0.577. The second-order valence-corrected chi connectivity index (χ2v) is 5.99. The lowest BCUT2D eigenvalue weighted by molar-refractivity contribution is -0.383. The van der Waals surface area contributed by atoms with E-state index in [0.717, 1.165) is 5.56 Å². The minimum absolute atomic E-state index is 0.0545. The van der Waals surface area contributed by atoms with Crippen molar-refractivity contribution in [2.24, 2.45) is 0 Å². The predicted octanol–water partition coefficient (Wildman–Crippen LogP) is 4.32.